The molecule has 0 aliphatic rings. The number of hydrogen-bond acceptors (Lipinski definition) is 3. The van der Waals surface area contributed by atoms with E-state index in [2.05, 4.69) is 17.6 Å². The molecule has 0 saturated carbocycles. The Labute approximate surface area is 109 Å². The number of carbonyl (C=O) groups excluding carboxylic acids is 1. The molecule has 0 aliphatic heterocycles. The smallest absolute Gasteiger partial charge is 0.246 e. The molecule has 0 unspecified atom stereocenters. The van der Waals surface area contributed by atoms with Crippen molar-refractivity contribution in [2.24, 2.45) is 0 Å². The number of rotatable bonds is 9. The second kappa shape index (κ2) is 9.62. The molecule has 0 aliphatic carbocycles. The van der Waals surface area contributed by atoms with E-state index < -0.39 is 0 Å². The van der Waals surface area contributed by atoms with Crippen LogP contribution in [0.5, 0.6) is 0 Å². The van der Waals surface area contributed by atoms with Crippen molar-refractivity contribution >= 4 is 5.91 Å². The third kappa shape index (κ3) is 7.04. The molecule has 0 fully saturated rings. The van der Waals surface area contributed by atoms with Crippen LogP contribution < -0.4 is 10.6 Å². The molecule has 0 heterocycles. The molecule has 0 radical (unpaired) electrons. The molecule has 100 valence electrons. The fraction of sp³-hybridized carbons (Fsp3) is 0.500. The molecule has 0 saturated heterocycles. The molecule has 4 heteroatoms. The fourth-order valence-electron chi connectivity index (χ4n) is 1.48. The van der Waals surface area contributed by atoms with Crippen molar-refractivity contribution in [3.63, 3.8) is 0 Å². The molecule has 1 aromatic rings. The molecular weight excluding hydrogens is 228 g/mol. The third-order valence-electron chi connectivity index (χ3n) is 2.40. The largest absolute Gasteiger partial charge is 0.367 e. The molecule has 1 amide bonds. The maximum atomic E-state index is 11.4. The highest BCUT2D eigenvalue weighted by molar-refractivity contribution is 5.77. The third-order valence-corrected chi connectivity index (χ3v) is 2.40. The Kier molecular flexibility index (Phi) is 7.84. The molecule has 1 rings (SSSR count). The van der Waals surface area contributed by atoms with Crippen LogP contribution >= 0.6 is 0 Å². The summed E-state index contributed by atoms with van der Waals surface area (Å²) in [4.78, 5) is 11.4. The number of amides is 1. The number of carbonyl (C=O) groups is 1. The zero-order chi connectivity index (χ0) is 13.1. The van der Waals surface area contributed by atoms with Crippen molar-refractivity contribution in [3.05, 3.63) is 35.9 Å². The molecule has 18 heavy (non-hydrogen) atoms. The summed E-state index contributed by atoms with van der Waals surface area (Å²) in [7, 11) is 0. The number of ether oxygens (including phenoxy) is 1. The van der Waals surface area contributed by atoms with Crippen molar-refractivity contribution in [2.45, 2.75) is 20.0 Å². The lowest BCUT2D eigenvalue weighted by Gasteiger charge is -2.07. The van der Waals surface area contributed by atoms with Crippen molar-refractivity contribution in [1.82, 2.24) is 10.6 Å². The summed E-state index contributed by atoms with van der Waals surface area (Å²) in [6.45, 7) is 5.14. The van der Waals surface area contributed by atoms with Crippen LogP contribution in [0.3, 0.4) is 0 Å². The van der Waals surface area contributed by atoms with Gasteiger partial charge in [-0.05, 0) is 18.5 Å². The van der Waals surface area contributed by atoms with Gasteiger partial charge >= 0.3 is 0 Å². The minimum atomic E-state index is -0.0655. The van der Waals surface area contributed by atoms with Gasteiger partial charge in [-0.2, -0.15) is 0 Å². The first kappa shape index (κ1) is 14.7. The zero-order valence-corrected chi connectivity index (χ0v) is 10.9. The van der Waals surface area contributed by atoms with Gasteiger partial charge in [-0.1, -0.05) is 37.3 Å². The maximum absolute atomic E-state index is 11.4. The second-order valence-corrected chi connectivity index (χ2v) is 4.08. The maximum Gasteiger partial charge on any atom is 0.246 e. The van der Waals surface area contributed by atoms with Gasteiger partial charge in [0, 0.05) is 13.1 Å². The quantitative estimate of drug-likeness (QED) is 0.650. The highest BCUT2D eigenvalue weighted by Gasteiger charge is 2.00. The van der Waals surface area contributed by atoms with E-state index in [1.54, 1.807) is 0 Å². The van der Waals surface area contributed by atoms with Crippen molar-refractivity contribution < 1.29 is 9.53 Å². The van der Waals surface area contributed by atoms with Gasteiger partial charge in [-0.25, -0.2) is 0 Å². The Bertz CT molecular complexity index is 328. The van der Waals surface area contributed by atoms with E-state index in [9.17, 15) is 4.79 Å². The van der Waals surface area contributed by atoms with Gasteiger partial charge in [0.25, 0.3) is 0 Å². The predicted octanol–water partition coefficient (Wildman–Crippen LogP) is 1.32. The molecule has 0 atom stereocenters. The summed E-state index contributed by atoms with van der Waals surface area (Å²) in [5.74, 6) is -0.0655. The molecule has 0 bridgehead atoms. The minimum absolute atomic E-state index is 0.0655. The Morgan fingerprint density at radius 2 is 1.94 bits per heavy atom. The summed E-state index contributed by atoms with van der Waals surface area (Å²) in [5.41, 5.74) is 1.08. The van der Waals surface area contributed by atoms with E-state index in [-0.39, 0.29) is 12.5 Å². The summed E-state index contributed by atoms with van der Waals surface area (Å²) >= 11 is 0. The molecule has 1 aromatic carbocycles. The monoisotopic (exact) mass is 250 g/mol. The van der Waals surface area contributed by atoms with E-state index in [1.807, 2.05) is 30.3 Å². The molecular formula is C14H22N2O2. The summed E-state index contributed by atoms with van der Waals surface area (Å²) < 4.78 is 5.33. The van der Waals surface area contributed by atoms with Crippen LogP contribution in [0.25, 0.3) is 0 Å². The van der Waals surface area contributed by atoms with Gasteiger partial charge in [0.2, 0.25) is 5.91 Å². The van der Waals surface area contributed by atoms with Crippen molar-refractivity contribution in [3.8, 4) is 0 Å². The summed E-state index contributed by atoms with van der Waals surface area (Å²) in [6, 6.07) is 9.83. The molecule has 0 spiro atoms. The first-order valence-corrected chi connectivity index (χ1v) is 6.42. The minimum Gasteiger partial charge on any atom is -0.367 e. The lowest BCUT2D eigenvalue weighted by Crippen LogP contribution is -2.34. The molecule has 2 N–H and O–H groups in total. The van der Waals surface area contributed by atoms with Crippen LogP contribution in [0.1, 0.15) is 18.9 Å². The normalized spacial score (nSPS) is 10.3. The fourth-order valence-corrected chi connectivity index (χ4v) is 1.48. The van der Waals surface area contributed by atoms with Gasteiger partial charge in [-0.3, -0.25) is 4.79 Å². The van der Waals surface area contributed by atoms with E-state index in [1.165, 1.54) is 0 Å². The van der Waals surface area contributed by atoms with Gasteiger partial charge in [-0.15, -0.1) is 0 Å². The Balaban J connectivity index is 2.00. The van der Waals surface area contributed by atoms with Crippen LogP contribution in [0.4, 0.5) is 0 Å². The first-order chi connectivity index (χ1) is 8.83. The number of hydrogen-bond donors (Lipinski definition) is 2. The standard InChI is InChI=1S/C14H22N2O2/c1-2-8-15-9-10-16-14(17)12-18-11-13-6-4-3-5-7-13/h3-7,15H,2,8-12H2,1H3,(H,16,17). The van der Waals surface area contributed by atoms with Crippen LogP contribution in [-0.2, 0) is 16.1 Å². The van der Waals surface area contributed by atoms with E-state index >= 15 is 0 Å². The second-order valence-electron chi connectivity index (χ2n) is 4.08. The zero-order valence-electron chi connectivity index (χ0n) is 10.9. The Morgan fingerprint density at radius 1 is 1.17 bits per heavy atom. The van der Waals surface area contributed by atoms with E-state index in [0.717, 1.165) is 25.1 Å². The lowest BCUT2D eigenvalue weighted by atomic mass is 10.2. The van der Waals surface area contributed by atoms with Gasteiger partial charge in [0.15, 0.2) is 0 Å². The van der Waals surface area contributed by atoms with Crippen molar-refractivity contribution in [1.29, 1.82) is 0 Å². The lowest BCUT2D eigenvalue weighted by molar-refractivity contribution is -0.126. The number of nitrogens with one attached hydrogen (secondary N) is 2. The van der Waals surface area contributed by atoms with Crippen LogP contribution in [0, 0.1) is 0 Å². The van der Waals surface area contributed by atoms with Crippen LogP contribution in [-0.4, -0.2) is 32.1 Å². The average molecular weight is 250 g/mol. The SMILES string of the molecule is CCCNCCNC(=O)COCc1ccccc1. The van der Waals surface area contributed by atoms with E-state index in [0.29, 0.717) is 13.2 Å². The summed E-state index contributed by atoms with van der Waals surface area (Å²) in [5, 5.41) is 6.02. The number of benzene rings is 1. The van der Waals surface area contributed by atoms with Gasteiger partial charge in [0.1, 0.15) is 6.61 Å². The van der Waals surface area contributed by atoms with Crippen LogP contribution in [0.15, 0.2) is 30.3 Å². The highest BCUT2D eigenvalue weighted by atomic mass is 16.5. The predicted molar refractivity (Wildman–Crippen MR) is 72.3 cm³/mol. The van der Waals surface area contributed by atoms with Crippen molar-refractivity contribution in [2.75, 3.05) is 26.2 Å². The average Bonchev–Trinajstić information content (AvgIpc) is 2.40. The van der Waals surface area contributed by atoms with Crippen LogP contribution in [0.2, 0.25) is 0 Å². The highest BCUT2D eigenvalue weighted by Crippen LogP contribution is 1.99. The van der Waals surface area contributed by atoms with Gasteiger partial charge in [0.05, 0.1) is 6.61 Å². The Hall–Kier alpha value is -1.39. The van der Waals surface area contributed by atoms with E-state index in [4.69, 9.17) is 4.74 Å². The molecule has 0 aromatic heterocycles. The first-order valence-electron chi connectivity index (χ1n) is 6.42. The molecule has 4 nitrogen and oxygen atoms in total. The van der Waals surface area contributed by atoms with Gasteiger partial charge < -0.3 is 15.4 Å². The Morgan fingerprint density at radius 3 is 2.67 bits per heavy atom. The summed E-state index contributed by atoms with van der Waals surface area (Å²) in [6.07, 6.45) is 1.11. The topological polar surface area (TPSA) is 50.4 Å².